The van der Waals surface area contributed by atoms with Crippen LogP contribution in [0, 0.1) is 5.92 Å². The SMILES string of the molecule is COCCO[C@H]1C(=O)N(C2CCN(C(=O)CC3CCCC3)CC2)[C@H]1c1ccncc1. The first-order valence-electron chi connectivity index (χ1n) is 11.3. The lowest BCUT2D eigenvalue weighted by Gasteiger charge is -2.52. The number of rotatable bonds is 8. The number of nitrogens with zero attached hydrogens (tertiary/aromatic N) is 3. The Kier molecular flexibility index (Phi) is 7.00. The molecule has 2 amide bonds. The van der Waals surface area contributed by atoms with Crippen LogP contribution < -0.4 is 0 Å². The number of carbonyl (C=O) groups excluding carboxylic acids is 2. The van der Waals surface area contributed by atoms with Crippen LogP contribution in [0.15, 0.2) is 24.5 Å². The van der Waals surface area contributed by atoms with Gasteiger partial charge >= 0.3 is 0 Å². The second-order valence-corrected chi connectivity index (χ2v) is 8.72. The van der Waals surface area contributed by atoms with Gasteiger partial charge in [0.1, 0.15) is 0 Å². The van der Waals surface area contributed by atoms with E-state index in [0.717, 1.165) is 31.5 Å². The number of hydrogen-bond acceptors (Lipinski definition) is 5. The van der Waals surface area contributed by atoms with Gasteiger partial charge in [-0.2, -0.15) is 0 Å². The first-order valence-corrected chi connectivity index (χ1v) is 11.3. The molecule has 2 aliphatic heterocycles. The quantitative estimate of drug-likeness (QED) is 0.482. The van der Waals surface area contributed by atoms with Crippen LogP contribution in [0.2, 0.25) is 0 Å². The Labute approximate surface area is 178 Å². The molecule has 3 heterocycles. The van der Waals surface area contributed by atoms with Gasteiger partial charge in [0, 0.05) is 45.1 Å². The van der Waals surface area contributed by atoms with Crippen LogP contribution in [0.5, 0.6) is 0 Å². The Morgan fingerprint density at radius 3 is 2.47 bits per heavy atom. The third-order valence-electron chi connectivity index (χ3n) is 6.87. The van der Waals surface area contributed by atoms with Crippen LogP contribution in [0.1, 0.15) is 56.6 Å². The first kappa shape index (κ1) is 21.2. The Bertz CT molecular complexity index is 714. The highest BCUT2D eigenvalue weighted by Crippen LogP contribution is 2.41. The topological polar surface area (TPSA) is 72.0 Å². The molecule has 0 unspecified atom stereocenters. The van der Waals surface area contributed by atoms with E-state index in [-0.39, 0.29) is 18.0 Å². The molecule has 0 radical (unpaired) electrons. The summed E-state index contributed by atoms with van der Waals surface area (Å²) in [7, 11) is 1.63. The zero-order valence-corrected chi connectivity index (χ0v) is 17.9. The maximum absolute atomic E-state index is 12.9. The summed E-state index contributed by atoms with van der Waals surface area (Å²) in [5.41, 5.74) is 1.05. The van der Waals surface area contributed by atoms with E-state index >= 15 is 0 Å². The lowest BCUT2D eigenvalue weighted by atomic mass is 9.86. The maximum atomic E-state index is 12.9. The number of likely N-dealkylation sites (tertiary alicyclic amines) is 2. The predicted octanol–water partition coefficient (Wildman–Crippen LogP) is 2.57. The van der Waals surface area contributed by atoms with E-state index in [1.54, 1.807) is 19.5 Å². The third kappa shape index (κ3) is 4.52. The lowest BCUT2D eigenvalue weighted by molar-refractivity contribution is -0.184. The van der Waals surface area contributed by atoms with Gasteiger partial charge in [-0.3, -0.25) is 14.6 Å². The average Bonchev–Trinajstić information content (AvgIpc) is 3.28. The molecule has 1 saturated carbocycles. The standard InChI is InChI=1S/C23H33N3O4/c1-29-14-15-30-22-21(18-6-10-24-11-7-18)26(23(22)28)19-8-12-25(13-9-19)20(27)16-17-4-2-3-5-17/h6-7,10-11,17,19,21-22H,2-5,8-9,12-16H2,1H3/t21-,22+/m0/s1. The summed E-state index contributed by atoms with van der Waals surface area (Å²) < 4.78 is 10.9. The van der Waals surface area contributed by atoms with Crippen LogP contribution in [-0.2, 0) is 19.1 Å². The molecule has 0 bridgehead atoms. The molecule has 1 aromatic heterocycles. The minimum absolute atomic E-state index is 0.0450. The Morgan fingerprint density at radius 1 is 1.10 bits per heavy atom. The van der Waals surface area contributed by atoms with Gasteiger partial charge in [0.05, 0.1) is 19.3 Å². The van der Waals surface area contributed by atoms with Crippen LogP contribution in [0.4, 0.5) is 0 Å². The summed E-state index contributed by atoms with van der Waals surface area (Å²) in [6.45, 7) is 2.33. The molecule has 1 aliphatic carbocycles. The normalized spacial score (nSPS) is 25.6. The van der Waals surface area contributed by atoms with Crippen molar-refractivity contribution >= 4 is 11.8 Å². The molecule has 3 fully saturated rings. The number of aromatic nitrogens is 1. The summed E-state index contributed by atoms with van der Waals surface area (Å²) in [5.74, 6) is 0.915. The molecule has 7 nitrogen and oxygen atoms in total. The first-order chi connectivity index (χ1) is 14.7. The molecule has 0 spiro atoms. The van der Waals surface area contributed by atoms with Crippen molar-refractivity contribution in [1.82, 2.24) is 14.8 Å². The van der Waals surface area contributed by atoms with Crippen molar-refractivity contribution < 1.29 is 19.1 Å². The molecule has 7 heteroatoms. The Morgan fingerprint density at radius 2 is 1.80 bits per heavy atom. The highest BCUT2D eigenvalue weighted by atomic mass is 16.5. The molecule has 2 saturated heterocycles. The van der Waals surface area contributed by atoms with Crippen LogP contribution in [0.25, 0.3) is 0 Å². The van der Waals surface area contributed by atoms with Crippen molar-refractivity contribution in [3.8, 4) is 0 Å². The van der Waals surface area contributed by atoms with Crippen LogP contribution in [0.3, 0.4) is 0 Å². The number of ether oxygens (including phenoxy) is 2. The van der Waals surface area contributed by atoms with Gasteiger partial charge in [-0.15, -0.1) is 0 Å². The molecule has 4 rings (SSSR count). The number of methoxy groups -OCH3 is 1. The van der Waals surface area contributed by atoms with Gasteiger partial charge in [0.15, 0.2) is 6.10 Å². The molecular formula is C23H33N3O4. The van der Waals surface area contributed by atoms with E-state index in [0.29, 0.717) is 31.5 Å². The van der Waals surface area contributed by atoms with Gasteiger partial charge in [-0.05, 0) is 49.3 Å². The summed E-state index contributed by atoms with van der Waals surface area (Å²) >= 11 is 0. The fraction of sp³-hybridized carbons (Fsp3) is 0.696. The monoisotopic (exact) mass is 415 g/mol. The van der Waals surface area contributed by atoms with Gasteiger partial charge in [0.25, 0.3) is 5.91 Å². The van der Waals surface area contributed by atoms with Gasteiger partial charge < -0.3 is 19.3 Å². The smallest absolute Gasteiger partial charge is 0.255 e. The number of hydrogen-bond donors (Lipinski definition) is 0. The van der Waals surface area contributed by atoms with E-state index in [2.05, 4.69) is 4.98 Å². The van der Waals surface area contributed by atoms with Crippen molar-refractivity contribution in [2.75, 3.05) is 33.4 Å². The van der Waals surface area contributed by atoms with Gasteiger partial charge in [-0.1, -0.05) is 12.8 Å². The van der Waals surface area contributed by atoms with Crippen molar-refractivity contribution in [2.24, 2.45) is 5.92 Å². The molecule has 0 aromatic carbocycles. The highest BCUT2D eigenvalue weighted by molar-refractivity contribution is 5.89. The van der Waals surface area contributed by atoms with E-state index < -0.39 is 6.10 Å². The molecule has 30 heavy (non-hydrogen) atoms. The van der Waals surface area contributed by atoms with Crippen LogP contribution >= 0.6 is 0 Å². The number of amides is 2. The second kappa shape index (κ2) is 9.88. The fourth-order valence-electron chi connectivity index (χ4n) is 5.19. The minimum atomic E-state index is -0.468. The molecule has 2 atom stereocenters. The summed E-state index contributed by atoms with van der Waals surface area (Å²) in [4.78, 5) is 33.7. The molecule has 3 aliphatic rings. The van der Waals surface area contributed by atoms with Crippen molar-refractivity contribution in [2.45, 2.75) is 63.1 Å². The third-order valence-corrected chi connectivity index (χ3v) is 6.87. The van der Waals surface area contributed by atoms with Gasteiger partial charge in [0.2, 0.25) is 5.91 Å². The predicted molar refractivity (Wildman–Crippen MR) is 112 cm³/mol. The van der Waals surface area contributed by atoms with Crippen molar-refractivity contribution in [1.29, 1.82) is 0 Å². The zero-order valence-electron chi connectivity index (χ0n) is 17.9. The minimum Gasteiger partial charge on any atom is -0.382 e. The largest absolute Gasteiger partial charge is 0.382 e. The average molecular weight is 416 g/mol. The van der Waals surface area contributed by atoms with Crippen molar-refractivity contribution in [3.05, 3.63) is 30.1 Å². The molecule has 0 N–H and O–H groups in total. The Balaban J connectivity index is 1.36. The fourth-order valence-corrected chi connectivity index (χ4v) is 5.19. The van der Waals surface area contributed by atoms with Gasteiger partial charge in [-0.25, -0.2) is 0 Å². The summed E-state index contributed by atoms with van der Waals surface area (Å²) in [6.07, 6.45) is 10.3. The van der Waals surface area contributed by atoms with Crippen molar-refractivity contribution in [3.63, 3.8) is 0 Å². The second-order valence-electron chi connectivity index (χ2n) is 8.72. The zero-order chi connectivity index (χ0) is 20.9. The molecular weight excluding hydrogens is 382 g/mol. The number of carbonyl (C=O) groups is 2. The van der Waals surface area contributed by atoms with E-state index in [1.807, 2.05) is 21.9 Å². The number of pyridine rings is 1. The van der Waals surface area contributed by atoms with Crippen LogP contribution in [-0.4, -0.2) is 72.2 Å². The molecule has 164 valence electrons. The summed E-state index contributed by atoms with van der Waals surface area (Å²) in [5, 5.41) is 0. The maximum Gasteiger partial charge on any atom is 0.255 e. The lowest BCUT2D eigenvalue weighted by Crippen LogP contribution is -2.65. The number of β-lactam (4-membered cyclic amide) rings is 1. The molecule has 1 aromatic rings. The van der Waals surface area contributed by atoms with E-state index in [1.165, 1.54) is 25.7 Å². The van der Waals surface area contributed by atoms with E-state index in [9.17, 15) is 9.59 Å². The Hall–Kier alpha value is -1.99. The van der Waals surface area contributed by atoms with E-state index in [4.69, 9.17) is 9.47 Å². The summed E-state index contributed by atoms with van der Waals surface area (Å²) in [6, 6.07) is 3.96. The number of piperidine rings is 1. The highest BCUT2D eigenvalue weighted by Gasteiger charge is 2.52.